The van der Waals surface area contributed by atoms with Crippen molar-refractivity contribution < 1.29 is 22.7 Å². The number of nitrogens with one attached hydrogen (secondary N) is 2. The third kappa shape index (κ3) is 6.16. The van der Waals surface area contributed by atoms with Gasteiger partial charge in [-0.2, -0.15) is 23.5 Å². The lowest BCUT2D eigenvalue weighted by atomic mass is 9.97. The van der Waals surface area contributed by atoms with Crippen LogP contribution >= 0.6 is 0 Å². The summed E-state index contributed by atoms with van der Waals surface area (Å²) in [5, 5.41) is 19.2. The van der Waals surface area contributed by atoms with Gasteiger partial charge in [0.05, 0.1) is 30.5 Å². The number of nitrogens with zero attached hydrogens (tertiary/aromatic N) is 3. The summed E-state index contributed by atoms with van der Waals surface area (Å²) in [6.07, 6.45) is -2.40. The van der Waals surface area contributed by atoms with Gasteiger partial charge >= 0.3 is 6.18 Å². The molecule has 0 radical (unpaired) electrons. The van der Waals surface area contributed by atoms with Gasteiger partial charge in [0.1, 0.15) is 11.4 Å². The predicted octanol–water partition coefficient (Wildman–Crippen LogP) is 6.11. The van der Waals surface area contributed by atoms with Crippen LogP contribution in [0.5, 0.6) is 5.75 Å². The van der Waals surface area contributed by atoms with Crippen molar-refractivity contribution in [3.05, 3.63) is 107 Å². The van der Waals surface area contributed by atoms with Gasteiger partial charge in [0.2, 0.25) is 0 Å². The van der Waals surface area contributed by atoms with Gasteiger partial charge in [0.15, 0.2) is 5.69 Å². The second-order valence-electron chi connectivity index (χ2n) is 9.63. The van der Waals surface area contributed by atoms with Crippen molar-refractivity contribution in [2.45, 2.75) is 25.1 Å². The summed E-state index contributed by atoms with van der Waals surface area (Å²) >= 11 is 0. The van der Waals surface area contributed by atoms with Crippen LogP contribution in [-0.2, 0) is 6.18 Å². The van der Waals surface area contributed by atoms with E-state index in [0.717, 1.165) is 28.1 Å². The van der Waals surface area contributed by atoms with Crippen LogP contribution < -0.4 is 15.4 Å². The fraction of sp³-hybridized carbons (Fsp3) is 0.233. The van der Waals surface area contributed by atoms with E-state index in [2.05, 4.69) is 15.7 Å². The summed E-state index contributed by atoms with van der Waals surface area (Å²) in [5.74, 6) is 0.569. The highest BCUT2D eigenvalue weighted by Gasteiger charge is 2.36. The molecule has 1 aliphatic rings. The van der Waals surface area contributed by atoms with Crippen molar-refractivity contribution in [1.82, 2.24) is 15.1 Å². The fourth-order valence-electron chi connectivity index (χ4n) is 4.43. The first kappa shape index (κ1) is 27.0. The van der Waals surface area contributed by atoms with E-state index in [1.807, 2.05) is 36.4 Å². The van der Waals surface area contributed by atoms with Gasteiger partial charge in [-0.25, -0.2) is 4.68 Å². The van der Waals surface area contributed by atoms with Gasteiger partial charge in [0.25, 0.3) is 5.91 Å². The normalized spacial score (nSPS) is 13.9. The highest BCUT2D eigenvalue weighted by atomic mass is 19.4. The number of aromatic nitrogens is 2. The molecule has 7 nitrogen and oxygen atoms in total. The zero-order chi connectivity index (χ0) is 28.3. The van der Waals surface area contributed by atoms with Crippen molar-refractivity contribution in [1.29, 1.82) is 5.26 Å². The van der Waals surface area contributed by atoms with Crippen molar-refractivity contribution in [3.63, 3.8) is 0 Å². The molecular weight excluding hydrogens is 519 g/mol. The summed E-state index contributed by atoms with van der Waals surface area (Å²) in [6.45, 7) is 0.833. The van der Waals surface area contributed by atoms with Crippen LogP contribution in [0.25, 0.3) is 5.69 Å². The Hall–Kier alpha value is -4.62. The summed E-state index contributed by atoms with van der Waals surface area (Å²) in [5.41, 5.74) is 1.13. The lowest BCUT2D eigenvalue weighted by Crippen LogP contribution is -2.25. The Morgan fingerprint density at radius 2 is 1.80 bits per heavy atom. The highest BCUT2D eigenvalue weighted by Crippen LogP contribution is 2.33. The molecule has 1 saturated carbocycles. The van der Waals surface area contributed by atoms with Gasteiger partial charge in [0, 0.05) is 11.8 Å². The zero-order valence-electron chi connectivity index (χ0n) is 21.6. The fourth-order valence-corrected chi connectivity index (χ4v) is 4.43. The van der Waals surface area contributed by atoms with Crippen LogP contribution in [0.3, 0.4) is 0 Å². The van der Waals surface area contributed by atoms with Crippen molar-refractivity contribution in [2.75, 3.05) is 19.0 Å². The molecule has 0 bridgehead atoms. The van der Waals surface area contributed by atoms with Crippen molar-refractivity contribution >= 4 is 11.6 Å². The monoisotopic (exact) mass is 545 g/mol. The first-order chi connectivity index (χ1) is 19.2. The Morgan fingerprint density at radius 3 is 2.50 bits per heavy atom. The molecular formula is C30H26F3N5O2. The molecule has 40 heavy (non-hydrogen) atoms. The van der Waals surface area contributed by atoms with Gasteiger partial charge < -0.3 is 15.4 Å². The molecule has 1 fully saturated rings. The first-order valence-corrected chi connectivity index (χ1v) is 12.7. The largest absolute Gasteiger partial charge is 0.497 e. The number of hydrogen-bond acceptors (Lipinski definition) is 5. The van der Waals surface area contributed by atoms with E-state index in [1.54, 1.807) is 25.3 Å². The Morgan fingerprint density at radius 1 is 1.07 bits per heavy atom. The lowest BCUT2D eigenvalue weighted by molar-refractivity contribution is -0.141. The number of benzene rings is 3. The third-order valence-corrected chi connectivity index (χ3v) is 6.66. The Labute approximate surface area is 229 Å². The number of amides is 1. The van der Waals surface area contributed by atoms with Gasteiger partial charge in [-0.3, -0.25) is 4.79 Å². The predicted molar refractivity (Wildman–Crippen MR) is 143 cm³/mol. The maximum Gasteiger partial charge on any atom is 0.435 e. The number of nitriles is 1. The summed E-state index contributed by atoms with van der Waals surface area (Å²) in [7, 11) is 1.60. The molecule has 5 rings (SSSR count). The van der Waals surface area contributed by atoms with E-state index < -0.39 is 17.8 Å². The molecule has 1 unspecified atom stereocenters. The molecule has 0 aliphatic heterocycles. The van der Waals surface area contributed by atoms with Crippen LogP contribution in [0, 0.1) is 17.2 Å². The maximum atomic E-state index is 13.5. The summed E-state index contributed by atoms with van der Waals surface area (Å²) in [6, 6.07) is 23.2. The number of anilines is 1. The number of rotatable bonds is 9. The standard InChI is InChI=1S/C30H26F3N5O2/c1-40-25-10-4-7-22(15-25)28(35-18-19-11-12-19)21-6-3-8-23(14-21)36-29(39)26-16-27(30(31,32)33)37-38(26)24-9-2-5-20(13-24)17-34/h2-10,13-16,19,28,35H,11-12,18H2,1H3,(H,36,39). The zero-order valence-corrected chi connectivity index (χ0v) is 21.6. The highest BCUT2D eigenvalue weighted by molar-refractivity contribution is 6.03. The minimum absolute atomic E-state index is 0.163. The van der Waals surface area contributed by atoms with Crippen LogP contribution in [-0.4, -0.2) is 29.3 Å². The second-order valence-corrected chi connectivity index (χ2v) is 9.63. The number of hydrogen-bond donors (Lipinski definition) is 2. The topological polar surface area (TPSA) is 92.0 Å². The van der Waals surface area contributed by atoms with E-state index in [0.29, 0.717) is 17.7 Å². The molecule has 1 amide bonds. The maximum absolute atomic E-state index is 13.5. The van der Waals surface area contributed by atoms with Crippen molar-refractivity contribution in [2.24, 2.45) is 5.92 Å². The number of methoxy groups -OCH3 is 1. The Kier molecular flexibility index (Phi) is 7.58. The summed E-state index contributed by atoms with van der Waals surface area (Å²) < 4.78 is 46.9. The molecule has 3 aromatic carbocycles. The van der Waals surface area contributed by atoms with Crippen LogP contribution in [0.1, 0.15) is 51.8 Å². The molecule has 0 spiro atoms. The Balaban J connectivity index is 1.46. The number of alkyl halides is 3. The van der Waals surface area contributed by atoms with Crippen molar-refractivity contribution in [3.8, 4) is 17.5 Å². The third-order valence-electron chi connectivity index (χ3n) is 6.66. The van der Waals surface area contributed by atoms with Gasteiger partial charge in [-0.1, -0.05) is 30.3 Å². The molecule has 204 valence electrons. The van der Waals surface area contributed by atoms with E-state index in [4.69, 9.17) is 4.74 Å². The molecule has 2 N–H and O–H groups in total. The molecule has 1 aromatic heterocycles. The lowest BCUT2D eigenvalue weighted by Gasteiger charge is -2.21. The van der Waals surface area contributed by atoms with Crippen LogP contribution in [0.4, 0.5) is 18.9 Å². The average Bonchev–Trinajstić information content (AvgIpc) is 3.66. The minimum atomic E-state index is -4.76. The second kappa shape index (κ2) is 11.2. The van der Waals surface area contributed by atoms with Gasteiger partial charge in [-0.05, 0) is 78.9 Å². The smallest absolute Gasteiger partial charge is 0.435 e. The van der Waals surface area contributed by atoms with Crippen LogP contribution in [0.15, 0.2) is 78.9 Å². The van der Waals surface area contributed by atoms with Crippen LogP contribution in [0.2, 0.25) is 0 Å². The molecule has 1 aliphatic carbocycles. The SMILES string of the molecule is COc1cccc(C(NCC2CC2)c2cccc(NC(=O)c3cc(C(F)(F)F)nn3-c3cccc(C#N)c3)c2)c1. The first-order valence-electron chi connectivity index (χ1n) is 12.7. The molecule has 0 saturated heterocycles. The Bertz CT molecular complexity index is 1570. The average molecular weight is 546 g/mol. The molecule has 1 heterocycles. The minimum Gasteiger partial charge on any atom is -0.497 e. The van der Waals surface area contributed by atoms with Gasteiger partial charge in [-0.15, -0.1) is 0 Å². The molecule has 4 aromatic rings. The number of carbonyl (C=O) groups excluding carboxylic acids is 1. The molecule has 1 atom stereocenters. The number of halogens is 3. The van der Waals surface area contributed by atoms with E-state index >= 15 is 0 Å². The molecule has 10 heteroatoms. The number of ether oxygens (including phenoxy) is 1. The number of carbonyl (C=O) groups is 1. The van der Waals surface area contributed by atoms with E-state index in [-0.39, 0.29) is 23.0 Å². The van der Waals surface area contributed by atoms with E-state index in [9.17, 15) is 23.2 Å². The summed E-state index contributed by atoms with van der Waals surface area (Å²) in [4.78, 5) is 13.3. The quantitative estimate of drug-likeness (QED) is 0.265. The van der Waals surface area contributed by atoms with E-state index in [1.165, 1.54) is 37.1 Å².